The van der Waals surface area contributed by atoms with Gasteiger partial charge in [0.1, 0.15) is 6.26 Å². The van der Waals surface area contributed by atoms with Gasteiger partial charge in [0, 0.05) is 31.7 Å². The second kappa shape index (κ2) is 8.13. The lowest BCUT2D eigenvalue weighted by atomic mass is 9.99. The van der Waals surface area contributed by atoms with Gasteiger partial charge in [-0.3, -0.25) is 9.59 Å². The summed E-state index contributed by atoms with van der Waals surface area (Å²) in [5.74, 6) is -0.0210. The standard InChI is InChI=1S/C23H22N2O3/c26-22(20-10-15-28-17-20)24-11-13-25(14-12-24)23(27)21-9-5-4-8-19(21)16-18-6-2-1-3-7-18/h1-10,15,17H,11-14,16H2. The summed E-state index contributed by atoms with van der Waals surface area (Å²) in [6.45, 7) is 2.11. The Morgan fingerprint density at radius 2 is 1.43 bits per heavy atom. The third-order valence-corrected chi connectivity index (χ3v) is 5.11. The lowest BCUT2D eigenvalue weighted by Gasteiger charge is -2.35. The van der Waals surface area contributed by atoms with Crippen LogP contribution in [0.1, 0.15) is 31.8 Å². The van der Waals surface area contributed by atoms with Gasteiger partial charge in [-0.15, -0.1) is 0 Å². The van der Waals surface area contributed by atoms with Crippen molar-refractivity contribution in [2.75, 3.05) is 26.2 Å². The molecule has 0 saturated carbocycles. The van der Waals surface area contributed by atoms with Gasteiger partial charge in [-0.1, -0.05) is 48.5 Å². The maximum Gasteiger partial charge on any atom is 0.257 e. The van der Waals surface area contributed by atoms with Crippen LogP contribution in [0.4, 0.5) is 0 Å². The average Bonchev–Trinajstić information content (AvgIpc) is 3.29. The zero-order chi connectivity index (χ0) is 19.3. The molecule has 1 aromatic heterocycles. The van der Waals surface area contributed by atoms with Crippen LogP contribution < -0.4 is 0 Å². The van der Waals surface area contributed by atoms with Crippen molar-refractivity contribution in [2.24, 2.45) is 0 Å². The molecule has 2 amide bonds. The molecule has 1 aliphatic heterocycles. The van der Waals surface area contributed by atoms with Crippen LogP contribution in [0.3, 0.4) is 0 Å². The lowest BCUT2D eigenvalue weighted by Crippen LogP contribution is -2.50. The highest BCUT2D eigenvalue weighted by Crippen LogP contribution is 2.18. The molecule has 0 unspecified atom stereocenters. The van der Waals surface area contributed by atoms with Crippen LogP contribution >= 0.6 is 0 Å². The van der Waals surface area contributed by atoms with Crippen molar-refractivity contribution >= 4 is 11.8 Å². The van der Waals surface area contributed by atoms with Crippen molar-refractivity contribution in [3.05, 3.63) is 95.4 Å². The van der Waals surface area contributed by atoms with E-state index >= 15 is 0 Å². The van der Waals surface area contributed by atoms with E-state index in [0.717, 1.165) is 17.5 Å². The molecule has 2 heterocycles. The normalized spacial score (nSPS) is 14.1. The number of carbonyl (C=O) groups is 2. The molecule has 0 spiro atoms. The molecular weight excluding hydrogens is 352 g/mol. The fraction of sp³-hybridized carbons (Fsp3) is 0.217. The van der Waals surface area contributed by atoms with E-state index in [0.29, 0.717) is 31.7 Å². The van der Waals surface area contributed by atoms with Crippen LogP contribution in [0.15, 0.2) is 77.6 Å². The molecular formula is C23H22N2O3. The molecule has 0 N–H and O–H groups in total. The molecule has 1 fully saturated rings. The van der Waals surface area contributed by atoms with Gasteiger partial charge in [0.25, 0.3) is 11.8 Å². The summed E-state index contributed by atoms with van der Waals surface area (Å²) in [6, 6.07) is 19.6. The van der Waals surface area contributed by atoms with Gasteiger partial charge >= 0.3 is 0 Å². The van der Waals surface area contributed by atoms with Crippen molar-refractivity contribution in [3.8, 4) is 0 Å². The number of hydrogen-bond donors (Lipinski definition) is 0. The van der Waals surface area contributed by atoms with E-state index in [1.54, 1.807) is 11.0 Å². The number of nitrogens with zero attached hydrogens (tertiary/aromatic N) is 2. The van der Waals surface area contributed by atoms with Crippen molar-refractivity contribution < 1.29 is 14.0 Å². The Hall–Kier alpha value is -3.34. The molecule has 142 valence electrons. The third-order valence-electron chi connectivity index (χ3n) is 5.11. The Labute approximate surface area is 164 Å². The minimum Gasteiger partial charge on any atom is -0.472 e. The second-order valence-electron chi connectivity index (χ2n) is 6.92. The van der Waals surface area contributed by atoms with E-state index in [-0.39, 0.29) is 11.8 Å². The van der Waals surface area contributed by atoms with Crippen LogP contribution in [0.25, 0.3) is 0 Å². The monoisotopic (exact) mass is 374 g/mol. The van der Waals surface area contributed by atoms with Crippen LogP contribution in [0, 0.1) is 0 Å². The minimum absolute atomic E-state index is 0.0296. The third kappa shape index (κ3) is 3.83. The molecule has 5 heteroatoms. The SMILES string of the molecule is O=C(c1ccoc1)N1CCN(C(=O)c2ccccc2Cc2ccccc2)CC1. The predicted molar refractivity (Wildman–Crippen MR) is 106 cm³/mol. The molecule has 4 rings (SSSR count). The van der Waals surface area contributed by atoms with E-state index in [4.69, 9.17) is 4.42 Å². The molecule has 1 aliphatic rings. The highest BCUT2D eigenvalue weighted by Gasteiger charge is 2.26. The first-order valence-electron chi connectivity index (χ1n) is 9.45. The van der Waals surface area contributed by atoms with Crippen LogP contribution in [0.2, 0.25) is 0 Å². The first-order valence-corrected chi connectivity index (χ1v) is 9.45. The lowest BCUT2D eigenvalue weighted by molar-refractivity contribution is 0.0534. The summed E-state index contributed by atoms with van der Waals surface area (Å²) < 4.78 is 4.99. The Bertz CT molecular complexity index is 943. The number of benzene rings is 2. The maximum absolute atomic E-state index is 13.1. The van der Waals surface area contributed by atoms with Gasteiger partial charge < -0.3 is 14.2 Å². The fourth-order valence-corrected chi connectivity index (χ4v) is 3.55. The molecule has 0 atom stereocenters. The molecule has 0 bridgehead atoms. The van der Waals surface area contributed by atoms with Gasteiger partial charge in [-0.05, 0) is 29.7 Å². The highest BCUT2D eigenvalue weighted by atomic mass is 16.3. The van der Waals surface area contributed by atoms with E-state index in [1.165, 1.54) is 18.1 Å². The minimum atomic E-state index is -0.0506. The Morgan fingerprint density at radius 3 is 2.11 bits per heavy atom. The summed E-state index contributed by atoms with van der Waals surface area (Å²) >= 11 is 0. The first-order chi connectivity index (χ1) is 13.7. The highest BCUT2D eigenvalue weighted by molar-refractivity contribution is 5.96. The van der Waals surface area contributed by atoms with E-state index in [1.807, 2.05) is 47.4 Å². The molecule has 28 heavy (non-hydrogen) atoms. The number of hydrogen-bond acceptors (Lipinski definition) is 3. The molecule has 1 saturated heterocycles. The summed E-state index contributed by atoms with van der Waals surface area (Å²) in [7, 11) is 0. The maximum atomic E-state index is 13.1. The quantitative estimate of drug-likeness (QED) is 0.703. The second-order valence-corrected chi connectivity index (χ2v) is 6.92. The number of carbonyl (C=O) groups excluding carboxylic acids is 2. The number of amides is 2. The molecule has 0 aliphatic carbocycles. The van der Waals surface area contributed by atoms with E-state index < -0.39 is 0 Å². The van der Waals surface area contributed by atoms with Crippen LogP contribution in [-0.4, -0.2) is 47.8 Å². The first kappa shape index (κ1) is 18.0. The zero-order valence-corrected chi connectivity index (χ0v) is 15.6. The number of rotatable bonds is 4. The summed E-state index contributed by atoms with van der Waals surface area (Å²) in [5.41, 5.74) is 3.49. The van der Waals surface area contributed by atoms with Gasteiger partial charge in [0.15, 0.2) is 0 Å². The zero-order valence-electron chi connectivity index (χ0n) is 15.6. The van der Waals surface area contributed by atoms with Gasteiger partial charge in [-0.2, -0.15) is 0 Å². The van der Waals surface area contributed by atoms with Gasteiger partial charge in [-0.25, -0.2) is 0 Å². The molecule has 2 aromatic carbocycles. The molecule has 5 nitrogen and oxygen atoms in total. The van der Waals surface area contributed by atoms with Crippen molar-refractivity contribution in [2.45, 2.75) is 6.42 Å². The van der Waals surface area contributed by atoms with Crippen LogP contribution in [-0.2, 0) is 6.42 Å². The van der Waals surface area contributed by atoms with E-state index in [2.05, 4.69) is 12.1 Å². The molecule has 0 radical (unpaired) electrons. The summed E-state index contributed by atoms with van der Waals surface area (Å²) in [6.07, 6.45) is 3.68. The smallest absolute Gasteiger partial charge is 0.257 e. The Kier molecular flexibility index (Phi) is 5.24. The van der Waals surface area contributed by atoms with Gasteiger partial charge in [0.05, 0.1) is 11.8 Å². The Morgan fingerprint density at radius 1 is 0.786 bits per heavy atom. The van der Waals surface area contributed by atoms with Gasteiger partial charge in [0.2, 0.25) is 0 Å². The molecule has 3 aromatic rings. The van der Waals surface area contributed by atoms with Crippen molar-refractivity contribution in [1.29, 1.82) is 0 Å². The predicted octanol–water partition coefficient (Wildman–Crippen LogP) is 3.47. The van der Waals surface area contributed by atoms with E-state index in [9.17, 15) is 9.59 Å². The summed E-state index contributed by atoms with van der Waals surface area (Å²) in [4.78, 5) is 29.2. The van der Waals surface area contributed by atoms with Crippen molar-refractivity contribution in [3.63, 3.8) is 0 Å². The average molecular weight is 374 g/mol. The largest absolute Gasteiger partial charge is 0.472 e. The Balaban J connectivity index is 1.44. The van der Waals surface area contributed by atoms with Crippen LogP contribution in [0.5, 0.6) is 0 Å². The number of furan rings is 1. The number of piperazine rings is 1. The van der Waals surface area contributed by atoms with Crippen molar-refractivity contribution in [1.82, 2.24) is 9.80 Å². The summed E-state index contributed by atoms with van der Waals surface area (Å²) in [5, 5.41) is 0. The fourth-order valence-electron chi connectivity index (χ4n) is 3.55. The topological polar surface area (TPSA) is 53.8 Å².